The van der Waals surface area contributed by atoms with Gasteiger partial charge < -0.3 is 9.68 Å². The maximum absolute atomic E-state index is 10.6. The van der Waals surface area contributed by atoms with E-state index in [1.54, 1.807) is 0 Å². The molecule has 0 saturated carbocycles. The Balaban J connectivity index is 4.74. The lowest BCUT2D eigenvalue weighted by molar-refractivity contribution is -0.142. The van der Waals surface area contributed by atoms with E-state index in [2.05, 4.69) is 51.8 Å². The fourth-order valence-corrected chi connectivity index (χ4v) is 1.40. The summed E-state index contributed by atoms with van der Waals surface area (Å²) in [5.41, 5.74) is 0.710. The van der Waals surface area contributed by atoms with Gasteiger partial charge in [-0.25, -0.2) is 9.59 Å². The van der Waals surface area contributed by atoms with Crippen molar-refractivity contribution in [2.24, 2.45) is 10.3 Å². The molecule has 16 heavy (non-hydrogen) atoms. The first-order chi connectivity index (χ1) is 7.51. The molecule has 0 aromatic rings. The van der Waals surface area contributed by atoms with Crippen LogP contribution in [0.2, 0.25) is 0 Å². The largest absolute Gasteiger partial charge is 0.331 e. The Bertz CT molecular complexity index is 296. The van der Waals surface area contributed by atoms with Crippen molar-refractivity contribution in [2.75, 3.05) is 10.7 Å². The van der Waals surface area contributed by atoms with Crippen LogP contribution in [0.25, 0.3) is 0 Å². The highest BCUT2D eigenvalue weighted by Gasteiger charge is 2.10. The zero-order chi connectivity index (χ0) is 12.6. The molecule has 0 rings (SSSR count). The molecule has 8 heteroatoms. The molecule has 90 valence electrons. The number of rotatable bonds is 5. The fraction of sp³-hybridized carbons (Fsp3) is 0.500. The highest BCUT2D eigenvalue weighted by atomic mass is 79.9. The predicted octanol–water partition coefficient (Wildman–Crippen LogP) is 1.61. The third kappa shape index (κ3) is 6.67. The first-order valence-corrected chi connectivity index (χ1v) is 6.36. The van der Waals surface area contributed by atoms with E-state index in [4.69, 9.17) is 0 Å². The van der Waals surface area contributed by atoms with Gasteiger partial charge in [0.1, 0.15) is 11.4 Å². The van der Waals surface area contributed by atoms with Gasteiger partial charge in [0.25, 0.3) is 0 Å². The molecular weight excluding hydrogens is 348 g/mol. The van der Waals surface area contributed by atoms with Gasteiger partial charge in [-0.05, 0) is 0 Å². The van der Waals surface area contributed by atoms with Gasteiger partial charge in [0.05, 0.1) is 10.7 Å². The van der Waals surface area contributed by atoms with Gasteiger partial charge in [-0.15, -0.1) is 0 Å². The summed E-state index contributed by atoms with van der Waals surface area (Å²) in [4.78, 5) is 30.0. The minimum absolute atomic E-state index is 0.311. The molecule has 0 radical (unpaired) electrons. The third-order valence-electron chi connectivity index (χ3n) is 1.16. The monoisotopic (exact) mass is 356 g/mol. The number of carbonyl (C=O) groups is 2. The van der Waals surface area contributed by atoms with Crippen LogP contribution in [0.5, 0.6) is 0 Å². The Kier molecular flexibility index (Phi) is 8.00. The molecule has 0 atom stereocenters. The van der Waals surface area contributed by atoms with E-state index in [0.717, 1.165) is 0 Å². The summed E-state index contributed by atoms with van der Waals surface area (Å²) < 4.78 is 0. The van der Waals surface area contributed by atoms with Gasteiger partial charge in [0, 0.05) is 13.8 Å². The van der Waals surface area contributed by atoms with E-state index < -0.39 is 11.9 Å². The smallest absolute Gasteiger partial charge is 0.318 e. The van der Waals surface area contributed by atoms with Crippen LogP contribution in [-0.2, 0) is 19.3 Å². The average molecular weight is 358 g/mol. The summed E-state index contributed by atoms with van der Waals surface area (Å²) >= 11 is 6.30. The Morgan fingerprint density at radius 1 is 0.938 bits per heavy atom. The molecule has 0 saturated heterocycles. The second-order valence-corrected chi connectivity index (χ2v) is 3.63. The van der Waals surface area contributed by atoms with Crippen LogP contribution in [0, 0.1) is 0 Å². The zero-order valence-corrected chi connectivity index (χ0v) is 11.9. The van der Waals surface area contributed by atoms with Gasteiger partial charge in [0.15, 0.2) is 0 Å². The summed E-state index contributed by atoms with van der Waals surface area (Å²) in [7, 11) is 0. The van der Waals surface area contributed by atoms with Crippen molar-refractivity contribution in [3.8, 4) is 0 Å². The molecule has 0 heterocycles. The van der Waals surface area contributed by atoms with Crippen molar-refractivity contribution in [2.45, 2.75) is 13.8 Å². The van der Waals surface area contributed by atoms with E-state index in [1.165, 1.54) is 13.8 Å². The molecule has 0 aliphatic rings. The average Bonchev–Trinajstić information content (AvgIpc) is 2.22. The summed E-state index contributed by atoms with van der Waals surface area (Å²) in [6.45, 7) is 2.46. The Morgan fingerprint density at radius 3 is 1.44 bits per heavy atom. The lowest BCUT2D eigenvalue weighted by Gasteiger charge is -2.02. The summed E-state index contributed by atoms with van der Waals surface area (Å²) in [6.07, 6.45) is 0. The standard InChI is InChI=1S/C8H10Br2N2O4/c1-5(13)15-11-7(3-9)8(4-10)12-16-6(2)14/h3-4H2,1-2H3. The van der Waals surface area contributed by atoms with Crippen LogP contribution in [0.4, 0.5) is 0 Å². The van der Waals surface area contributed by atoms with Crippen LogP contribution in [0.15, 0.2) is 10.3 Å². The first-order valence-electron chi connectivity index (χ1n) is 4.12. The van der Waals surface area contributed by atoms with Crippen LogP contribution in [-0.4, -0.2) is 34.0 Å². The molecule has 0 aliphatic carbocycles. The number of oxime groups is 2. The lowest BCUT2D eigenvalue weighted by atomic mass is 10.3. The van der Waals surface area contributed by atoms with E-state index >= 15 is 0 Å². The second-order valence-electron chi connectivity index (χ2n) is 2.51. The van der Waals surface area contributed by atoms with Crippen molar-refractivity contribution in [3.05, 3.63) is 0 Å². The highest BCUT2D eigenvalue weighted by Crippen LogP contribution is 1.98. The van der Waals surface area contributed by atoms with Gasteiger partial charge in [-0.2, -0.15) is 0 Å². The normalized spacial score (nSPS) is 12.2. The van der Waals surface area contributed by atoms with Gasteiger partial charge in [-0.3, -0.25) is 0 Å². The molecule has 0 aromatic carbocycles. The van der Waals surface area contributed by atoms with Gasteiger partial charge >= 0.3 is 11.9 Å². The van der Waals surface area contributed by atoms with Crippen molar-refractivity contribution in [1.29, 1.82) is 0 Å². The van der Waals surface area contributed by atoms with Crippen molar-refractivity contribution in [3.63, 3.8) is 0 Å². The predicted molar refractivity (Wildman–Crippen MR) is 66.0 cm³/mol. The molecular formula is C8H10Br2N2O4. The highest BCUT2D eigenvalue weighted by molar-refractivity contribution is 9.10. The van der Waals surface area contributed by atoms with Gasteiger partial charge in [-0.1, -0.05) is 42.2 Å². The minimum atomic E-state index is -0.542. The number of hydrogen-bond acceptors (Lipinski definition) is 6. The molecule has 0 aliphatic heterocycles. The van der Waals surface area contributed by atoms with Crippen LogP contribution < -0.4 is 0 Å². The zero-order valence-electron chi connectivity index (χ0n) is 8.70. The maximum Gasteiger partial charge on any atom is 0.331 e. The van der Waals surface area contributed by atoms with E-state index in [9.17, 15) is 9.59 Å². The fourth-order valence-electron chi connectivity index (χ4n) is 0.547. The van der Waals surface area contributed by atoms with E-state index in [0.29, 0.717) is 22.1 Å². The number of alkyl halides is 2. The van der Waals surface area contributed by atoms with Crippen molar-refractivity contribution in [1.82, 2.24) is 0 Å². The van der Waals surface area contributed by atoms with Crippen molar-refractivity contribution < 1.29 is 19.3 Å². The molecule has 0 aromatic heterocycles. The Hall–Kier alpha value is -0.760. The SMILES string of the molecule is CC(=O)ON=C(CBr)C(CBr)=NOC(C)=O. The number of halogens is 2. The quantitative estimate of drug-likeness (QED) is 0.324. The second kappa shape index (κ2) is 8.40. The topological polar surface area (TPSA) is 77.3 Å². The summed E-state index contributed by atoms with van der Waals surface area (Å²) in [5, 5.41) is 7.74. The number of carbonyl (C=O) groups excluding carboxylic acids is 2. The van der Waals surface area contributed by atoms with Gasteiger partial charge in [0.2, 0.25) is 0 Å². The Morgan fingerprint density at radius 2 is 1.25 bits per heavy atom. The lowest BCUT2D eigenvalue weighted by Crippen LogP contribution is -2.19. The number of nitrogens with zero attached hydrogens (tertiary/aromatic N) is 2. The minimum Gasteiger partial charge on any atom is -0.318 e. The Labute approximate surface area is 109 Å². The molecule has 0 bridgehead atoms. The van der Waals surface area contributed by atoms with Crippen LogP contribution in [0.3, 0.4) is 0 Å². The summed E-state index contributed by atoms with van der Waals surface area (Å²) in [6, 6.07) is 0. The first kappa shape index (κ1) is 15.2. The third-order valence-corrected chi connectivity index (χ3v) is 2.22. The number of hydrogen-bond donors (Lipinski definition) is 0. The van der Waals surface area contributed by atoms with E-state index in [1.807, 2.05) is 0 Å². The molecule has 0 amide bonds. The molecule has 6 nitrogen and oxygen atoms in total. The molecule has 0 N–H and O–H groups in total. The van der Waals surface area contributed by atoms with Crippen LogP contribution >= 0.6 is 31.9 Å². The molecule has 0 unspecified atom stereocenters. The molecule has 0 spiro atoms. The van der Waals surface area contributed by atoms with Crippen molar-refractivity contribution >= 4 is 55.2 Å². The molecule has 0 fully saturated rings. The van der Waals surface area contributed by atoms with E-state index in [-0.39, 0.29) is 0 Å². The van der Waals surface area contributed by atoms with Crippen LogP contribution in [0.1, 0.15) is 13.8 Å². The maximum atomic E-state index is 10.6. The summed E-state index contributed by atoms with van der Waals surface area (Å²) in [5.74, 6) is -1.08.